The van der Waals surface area contributed by atoms with E-state index in [0.29, 0.717) is 6.04 Å². The van der Waals surface area contributed by atoms with E-state index in [9.17, 15) is 9.90 Å². The lowest BCUT2D eigenvalue weighted by Gasteiger charge is -2.40. The number of carboxylic acid groups (broad SMARTS) is 1. The summed E-state index contributed by atoms with van der Waals surface area (Å²) >= 11 is 0. The molecule has 3 rings (SSSR count). The number of carbonyl (C=O) groups is 1. The van der Waals surface area contributed by atoms with E-state index in [4.69, 9.17) is 0 Å². The van der Waals surface area contributed by atoms with E-state index in [1.807, 2.05) is 19.1 Å². The second-order valence-corrected chi connectivity index (χ2v) is 5.80. The van der Waals surface area contributed by atoms with Gasteiger partial charge in [-0.1, -0.05) is 6.07 Å². The Morgan fingerprint density at radius 1 is 1.40 bits per heavy atom. The first-order chi connectivity index (χ1) is 9.65. The van der Waals surface area contributed by atoms with Crippen molar-refractivity contribution in [2.45, 2.75) is 31.8 Å². The van der Waals surface area contributed by atoms with E-state index in [-0.39, 0.29) is 0 Å². The first kappa shape index (κ1) is 13.5. The highest BCUT2D eigenvalue weighted by molar-refractivity contribution is 5.75. The molecule has 1 unspecified atom stereocenters. The van der Waals surface area contributed by atoms with E-state index in [2.05, 4.69) is 14.8 Å². The van der Waals surface area contributed by atoms with Crippen LogP contribution in [0.4, 0.5) is 0 Å². The number of hydrogen-bond donors (Lipinski definition) is 1. The molecule has 108 valence electrons. The van der Waals surface area contributed by atoms with Crippen LogP contribution < -0.4 is 0 Å². The van der Waals surface area contributed by atoms with Gasteiger partial charge in [-0.05, 0) is 37.9 Å². The second-order valence-electron chi connectivity index (χ2n) is 5.80. The number of fused-ring (bicyclic) bond motifs is 1. The SMILES string of the molecule is Cc1ccc(C(C(=O)O)N2CCN3CCC[C@@H]3C2)cn1. The summed E-state index contributed by atoms with van der Waals surface area (Å²) in [6, 6.07) is 3.74. The van der Waals surface area contributed by atoms with Crippen LogP contribution in [0.3, 0.4) is 0 Å². The molecule has 5 nitrogen and oxygen atoms in total. The quantitative estimate of drug-likeness (QED) is 0.901. The van der Waals surface area contributed by atoms with Gasteiger partial charge in [0.25, 0.3) is 0 Å². The fourth-order valence-electron chi connectivity index (χ4n) is 3.40. The van der Waals surface area contributed by atoms with E-state index in [1.165, 1.54) is 19.4 Å². The van der Waals surface area contributed by atoms with Gasteiger partial charge in [-0.2, -0.15) is 0 Å². The van der Waals surface area contributed by atoms with Gasteiger partial charge in [0.1, 0.15) is 6.04 Å². The topological polar surface area (TPSA) is 56.7 Å². The third kappa shape index (κ3) is 2.55. The summed E-state index contributed by atoms with van der Waals surface area (Å²) in [6.07, 6.45) is 4.13. The Hall–Kier alpha value is -1.46. The third-order valence-electron chi connectivity index (χ3n) is 4.47. The largest absolute Gasteiger partial charge is 0.480 e. The molecule has 0 amide bonds. The molecule has 5 heteroatoms. The highest BCUT2D eigenvalue weighted by atomic mass is 16.4. The first-order valence-electron chi connectivity index (χ1n) is 7.28. The van der Waals surface area contributed by atoms with Gasteiger partial charge in [-0.3, -0.25) is 19.6 Å². The minimum absolute atomic E-state index is 0.531. The number of rotatable bonds is 3. The molecule has 0 bridgehead atoms. The fraction of sp³-hybridized carbons (Fsp3) is 0.600. The minimum Gasteiger partial charge on any atom is -0.480 e. The van der Waals surface area contributed by atoms with E-state index < -0.39 is 12.0 Å². The molecule has 2 atom stereocenters. The highest BCUT2D eigenvalue weighted by Crippen LogP contribution is 2.28. The van der Waals surface area contributed by atoms with Crippen molar-refractivity contribution in [3.63, 3.8) is 0 Å². The normalized spacial score (nSPS) is 25.4. The van der Waals surface area contributed by atoms with Crippen molar-refractivity contribution in [1.29, 1.82) is 0 Å². The Bertz CT molecular complexity index is 488. The summed E-state index contributed by atoms with van der Waals surface area (Å²) in [5.74, 6) is -0.776. The maximum Gasteiger partial charge on any atom is 0.325 e. The van der Waals surface area contributed by atoms with Gasteiger partial charge >= 0.3 is 5.97 Å². The van der Waals surface area contributed by atoms with Crippen molar-refractivity contribution in [3.05, 3.63) is 29.6 Å². The summed E-state index contributed by atoms with van der Waals surface area (Å²) in [5, 5.41) is 9.61. The Labute approximate surface area is 119 Å². The van der Waals surface area contributed by atoms with Crippen molar-refractivity contribution in [2.75, 3.05) is 26.2 Å². The first-order valence-corrected chi connectivity index (χ1v) is 7.28. The number of aryl methyl sites for hydroxylation is 1. The number of hydrogen-bond acceptors (Lipinski definition) is 4. The Kier molecular flexibility index (Phi) is 3.72. The molecule has 0 spiro atoms. The summed E-state index contributed by atoms with van der Waals surface area (Å²) in [4.78, 5) is 20.5. The van der Waals surface area contributed by atoms with Gasteiger partial charge in [0.15, 0.2) is 0 Å². The molecule has 2 aliphatic rings. The number of carboxylic acids is 1. The molecule has 2 saturated heterocycles. The summed E-state index contributed by atoms with van der Waals surface area (Å²) < 4.78 is 0. The van der Waals surface area contributed by atoms with Gasteiger partial charge in [0.05, 0.1) is 0 Å². The van der Waals surface area contributed by atoms with Gasteiger partial charge in [-0.15, -0.1) is 0 Å². The predicted molar refractivity (Wildman–Crippen MR) is 75.5 cm³/mol. The van der Waals surface area contributed by atoms with Crippen LogP contribution >= 0.6 is 0 Å². The van der Waals surface area contributed by atoms with E-state index in [0.717, 1.165) is 30.9 Å². The minimum atomic E-state index is -0.776. The molecule has 0 aromatic carbocycles. The molecular weight excluding hydrogens is 254 g/mol. The summed E-state index contributed by atoms with van der Waals surface area (Å²) in [6.45, 7) is 5.74. The molecule has 20 heavy (non-hydrogen) atoms. The van der Waals surface area contributed by atoms with Crippen molar-refractivity contribution >= 4 is 5.97 Å². The highest BCUT2D eigenvalue weighted by Gasteiger charge is 2.36. The standard InChI is InChI=1S/C15H21N3O2/c1-11-4-5-12(9-16-11)14(15(19)20)18-8-7-17-6-2-3-13(17)10-18/h4-5,9,13-14H,2-3,6-8,10H2,1H3,(H,19,20)/t13-,14?/m1/s1. The molecule has 1 aromatic rings. The molecule has 0 saturated carbocycles. The molecular formula is C15H21N3O2. The van der Waals surface area contributed by atoms with Crippen LogP contribution in [0.5, 0.6) is 0 Å². The van der Waals surface area contributed by atoms with Crippen LogP contribution in [0, 0.1) is 6.92 Å². The van der Waals surface area contributed by atoms with Crippen LogP contribution in [-0.2, 0) is 4.79 Å². The van der Waals surface area contributed by atoms with Gasteiger partial charge in [-0.25, -0.2) is 0 Å². The average molecular weight is 275 g/mol. The van der Waals surface area contributed by atoms with Gasteiger partial charge < -0.3 is 5.11 Å². The Morgan fingerprint density at radius 3 is 2.95 bits per heavy atom. The van der Waals surface area contributed by atoms with Crippen molar-refractivity contribution in [1.82, 2.24) is 14.8 Å². The summed E-state index contributed by atoms with van der Waals surface area (Å²) in [7, 11) is 0. The third-order valence-corrected chi connectivity index (χ3v) is 4.47. The number of nitrogens with zero attached hydrogens (tertiary/aromatic N) is 3. The lowest BCUT2D eigenvalue weighted by molar-refractivity contribution is -0.144. The smallest absolute Gasteiger partial charge is 0.325 e. The molecule has 2 fully saturated rings. The maximum absolute atomic E-state index is 11.7. The monoisotopic (exact) mass is 275 g/mol. The Balaban J connectivity index is 1.80. The lowest BCUT2D eigenvalue weighted by atomic mass is 10.0. The zero-order valence-corrected chi connectivity index (χ0v) is 11.8. The number of pyridine rings is 1. The molecule has 1 aromatic heterocycles. The molecule has 0 aliphatic carbocycles. The fourth-order valence-corrected chi connectivity index (χ4v) is 3.40. The van der Waals surface area contributed by atoms with Crippen molar-refractivity contribution in [3.8, 4) is 0 Å². The number of piperazine rings is 1. The van der Waals surface area contributed by atoms with Gasteiger partial charge in [0, 0.05) is 37.6 Å². The maximum atomic E-state index is 11.7. The zero-order valence-electron chi connectivity index (χ0n) is 11.8. The molecule has 2 aliphatic heterocycles. The second kappa shape index (κ2) is 5.50. The van der Waals surface area contributed by atoms with Gasteiger partial charge in [0.2, 0.25) is 0 Å². The number of aliphatic carboxylic acids is 1. The van der Waals surface area contributed by atoms with Crippen LogP contribution in [0.2, 0.25) is 0 Å². The predicted octanol–water partition coefficient (Wildman–Crippen LogP) is 1.30. The average Bonchev–Trinajstić information content (AvgIpc) is 2.88. The van der Waals surface area contributed by atoms with E-state index in [1.54, 1.807) is 6.20 Å². The molecule has 0 radical (unpaired) electrons. The molecule has 1 N–H and O–H groups in total. The number of aromatic nitrogens is 1. The molecule has 3 heterocycles. The zero-order chi connectivity index (χ0) is 14.1. The lowest BCUT2D eigenvalue weighted by Crippen LogP contribution is -2.52. The van der Waals surface area contributed by atoms with Crippen molar-refractivity contribution in [2.24, 2.45) is 0 Å². The Morgan fingerprint density at radius 2 is 2.25 bits per heavy atom. The van der Waals surface area contributed by atoms with Crippen molar-refractivity contribution < 1.29 is 9.90 Å². The van der Waals surface area contributed by atoms with Crippen LogP contribution in [0.15, 0.2) is 18.3 Å². The van der Waals surface area contributed by atoms with E-state index >= 15 is 0 Å². The van der Waals surface area contributed by atoms with Crippen LogP contribution in [0.25, 0.3) is 0 Å². The van der Waals surface area contributed by atoms with Crippen LogP contribution in [0.1, 0.15) is 30.1 Å². The summed E-state index contributed by atoms with van der Waals surface area (Å²) in [5.41, 5.74) is 1.70. The van der Waals surface area contributed by atoms with Crippen LogP contribution in [-0.4, -0.2) is 58.1 Å².